The molecule has 0 saturated heterocycles. The van der Waals surface area contributed by atoms with Gasteiger partial charge in [0, 0.05) is 11.6 Å². The van der Waals surface area contributed by atoms with Crippen molar-refractivity contribution in [1.29, 1.82) is 0 Å². The molecule has 0 amide bonds. The predicted molar refractivity (Wildman–Crippen MR) is 117 cm³/mol. The normalized spacial score (nSPS) is 14.8. The summed E-state index contributed by atoms with van der Waals surface area (Å²) in [5.74, 6) is 0.141. The first-order valence-corrected chi connectivity index (χ1v) is 10.4. The Labute approximate surface area is 178 Å². The van der Waals surface area contributed by atoms with Gasteiger partial charge in [0.25, 0.3) is 0 Å². The Morgan fingerprint density at radius 2 is 1.52 bits per heavy atom. The largest absolute Gasteiger partial charge is 0.383 e. The SMILES string of the molecule is Nc1c2c(-c3ccc(F)cc3)nc(NC3CCCCC3)nc2nn1-c1ccc(F)cc1. The zero-order chi connectivity index (χ0) is 21.4. The van der Waals surface area contributed by atoms with Crippen molar-refractivity contribution in [2.45, 2.75) is 38.1 Å². The van der Waals surface area contributed by atoms with E-state index in [0.717, 1.165) is 12.8 Å². The Bertz CT molecular complexity index is 1210. The van der Waals surface area contributed by atoms with Crippen molar-refractivity contribution in [3.63, 3.8) is 0 Å². The minimum atomic E-state index is -0.343. The fraction of sp³-hybridized carbons (Fsp3) is 0.261. The standard InChI is InChI=1S/C23H22F2N6/c24-15-8-6-14(7-9-15)20-19-21(26)31(18-12-10-16(25)11-13-18)30-22(19)29-23(28-20)27-17-4-2-1-3-5-17/h6-13,17H,1-5,26H2,(H,27,29,30). The number of fused-ring (bicyclic) bond motifs is 1. The molecule has 158 valence electrons. The van der Waals surface area contributed by atoms with Crippen LogP contribution >= 0.6 is 0 Å². The molecular weight excluding hydrogens is 398 g/mol. The van der Waals surface area contributed by atoms with Gasteiger partial charge in [-0.05, 0) is 61.4 Å². The van der Waals surface area contributed by atoms with Crippen LogP contribution in [-0.4, -0.2) is 25.8 Å². The topological polar surface area (TPSA) is 81.7 Å². The van der Waals surface area contributed by atoms with Gasteiger partial charge in [-0.1, -0.05) is 19.3 Å². The summed E-state index contributed by atoms with van der Waals surface area (Å²) < 4.78 is 28.4. The van der Waals surface area contributed by atoms with Crippen molar-refractivity contribution in [3.8, 4) is 16.9 Å². The number of hydrogen-bond donors (Lipinski definition) is 2. The zero-order valence-electron chi connectivity index (χ0n) is 16.9. The lowest BCUT2D eigenvalue weighted by atomic mass is 9.96. The molecule has 0 bridgehead atoms. The summed E-state index contributed by atoms with van der Waals surface area (Å²) in [5.41, 5.74) is 8.78. The molecule has 0 spiro atoms. The van der Waals surface area contributed by atoms with E-state index in [0.29, 0.717) is 45.8 Å². The molecule has 8 heteroatoms. The molecule has 2 aromatic carbocycles. The Morgan fingerprint density at radius 3 is 2.19 bits per heavy atom. The number of nitrogens with two attached hydrogens (primary N) is 1. The lowest BCUT2D eigenvalue weighted by Crippen LogP contribution is -2.23. The van der Waals surface area contributed by atoms with Crippen molar-refractivity contribution in [2.75, 3.05) is 11.1 Å². The van der Waals surface area contributed by atoms with Gasteiger partial charge in [-0.15, -0.1) is 5.10 Å². The van der Waals surface area contributed by atoms with Crippen LogP contribution < -0.4 is 11.1 Å². The number of halogens is 2. The van der Waals surface area contributed by atoms with Crippen LogP contribution in [0.5, 0.6) is 0 Å². The third-order valence-electron chi connectivity index (χ3n) is 5.70. The molecule has 5 rings (SSSR count). The highest BCUT2D eigenvalue weighted by Gasteiger charge is 2.21. The van der Waals surface area contributed by atoms with Crippen LogP contribution in [0.3, 0.4) is 0 Å². The van der Waals surface area contributed by atoms with Crippen LogP contribution in [0.15, 0.2) is 48.5 Å². The average Bonchev–Trinajstić information content (AvgIpc) is 3.11. The second-order valence-corrected chi connectivity index (χ2v) is 7.85. The molecule has 0 aliphatic heterocycles. The maximum atomic E-state index is 13.5. The Kier molecular flexibility index (Phi) is 4.97. The molecule has 2 aromatic heterocycles. The maximum absolute atomic E-state index is 13.5. The van der Waals surface area contributed by atoms with Crippen LogP contribution in [0.2, 0.25) is 0 Å². The first-order valence-electron chi connectivity index (χ1n) is 10.4. The van der Waals surface area contributed by atoms with Crippen LogP contribution in [0.4, 0.5) is 20.5 Å². The summed E-state index contributed by atoms with van der Waals surface area (Å²) in [6.07, 6.45) is 5.74. The number of nitrogens with one attached hydrogen (secondary N) is 1. The molecule has 1 saturated carbocycles. The summed E-state index contributed by atoms with van der Waals surface area (Å²) >= 11 is 0. The highest BCUT2D eigenvalue weighted by Crippen LogP contribution is 2.33. The minimum Gasteiger partial charge on any atom is -0.383 e. The van der Waals surface area contributed by atoms with Crippen molar-refractivity contribution in [1.82, 2.24) is 19.7 Å². The van der Waals surface area contributed by atoms with E-state index in [1.807, 2.05) is 0 Å². The fourth-order valence-electron chi connectivity index (χ4n) is 4.10. The zero-order valence-corrected chi connectivity index (χ0v) is 16.9. The molecule has 3 N–H and O–H groups in total. The summed E-state index contributed by atoms with van der Waals surface area (Å²) in [5, 5.41) is 8.58. The van der Waals surface area contributed by atoms with E-state index < -0.39 is 0 Å². The van der Waals surface area contributed by atoms with E-state index in [1.165, 1.54) is 48.2 Å². The Hall–Kier alpha value is -3.55. The summed E-state index contributed by atoms with van der Waals surface area (Å²) in [4.78, 5) is 9.35. The van der Waals surface area contributed by atoms with Gasteiger partial charge in [-0.25, -0.2) is 18.4 Å². The third kappa shape index (κ3) is 3.81. The number of hydrogen-bond acceptors (Lipinski definition) is 5. The van der Waals surface area contributed by atoms with Crippen molar-refractivity contribution in [2.24, 2.45) is 0 Å². The highest BCUT2D eigenvalue weighted by molar-refractivity contribution is 5.99. The Morgan fingerprint density at radius 1 is 0.871 bits per heavy atom. The Balaban J connectivity index is 1.66. The van der Waals surface area contributed by atoms with Gasteiger partial charge >= 0.3 is 0 Å². The highest BCUT2D eigenvalue weighted by atomic mass is 19.1. The van der Waals surface area contributed by atoms with Gasteiger partial charge in [-0.3, -0.25) is 0 Å². The first-order chi connectivity index (χ1) is 15.1. The fourth-order valence-corrected chi connectivity index (χ4v) is 4.10. The third-order valence-corrected chi connectivity index (χ3v) is 5.70. The van der Waals surface area contributed by atoms with Gasteiger partial charge in [0.2, 0.25) is 5.95 Å². The average molecular weight is 420 g/mol. The second kappa shape index (κ2) is 7.94. The molecule has 0 atom stereocenters. The molecule has 4 aromatic rings. The molecule has 31 heavy (non-hydrogen) atoms. The first kappa shape index (κ1) is 19.4. The summed E-state index contributed by atoms with van der Waals surface area (Å²) in [6, 6.07) is 12.3. The molecule has 0 radical (unpaired) electrons. The van der Waals surface area contributed by atoms with E-state index in [-0.39, 0.29) is 11.6 Å². The lowest BCUT2D eigenvalue weighted by molar-refractivity contribution is 0.461. The summed E-state index contributed by atoms with van der Waals surface area (Å²) in [6.45, 7) is 0. The monoisotopic (exact) mass is 420 g/mol. The number of benzene rings is 2. The van der Waals surface area contributed by atoms with Crippen LogP contribution in [-0.2, 0) is 0 Å². The van der Waals surface area contributed by atoms with E-state index in [1.54, 1.807) is 24.3 Å². The van der Waals surface area contributed by atoms with E-state index >= 15 is 0 Å². The van der Waals surface area contributed by atoms with Gasteiger partial charge < -0.3 is 11.1 Å². The van der Waals surface area contributed by atoms with Gasteiger partial charge in [0.15, 0.2) is 5.65 Å². The van der Waals surface area contributed by atoms with Crippen LogP contribution in [0.25, 0.3) is 28.0 Å². The second-order valence-electron chi connectivity index (χ2n) is 7.85. The maximum Gasteiger partial charge on any atom is 0.225 e. The van der Waals surface area contributed by atoms with Crippen molar-refractivity contribution in [3.05, 3.63) is 60.2 Å². The van der Waals surface area contributed by atoms with E-state index in [2.05, 4.69) is 15.4 Å². The van der Waals surface area contributed by atoms with Crippen molar-refractivity contribution < 1.29 is 8.78 Å². The molecule has 1 aliphatic rings. The number of aromatic nitrogens is 4. The molecule has 6 nitrogen and oxygen atoms in total. The molecule has 1 aliphatic carbocycles. The molecule has 1 fully saturated rings. The molecular formula is C23H22F2N6. The van der Waals surface area contributed by atoms with Crippen molar-refractivity contribution >= 4 is 22.8 Å². The number of nitrogen functional groups attached to an aromatic ring is 1. The number of anilines is 2. The van der Waals surface area contributed by atoms with Gasteiger partial charge in [-0.2, -0.15) is 4.98 Å². The predicted octanol–water partition coefficient (Wildman–Crippen LogP) is 5.09. The van der Waals surface area contributed by atoms with E-state index in [9.17, 15) is 8.78 Å². The van der Waals surface area contributed by atoms with Crippen LogP contribution in [0, 0.1) is 11.6 Å². The van der Waals surface area contributed by atoms with Gasteiger partial charge in [0.05, 0.1) is 16.8 Å². The molecule has 2 heterocycles. The van der Waals surface area contributed by atoms with Crippen LogP contribution in [0.1, 0.15) is 32.1 Å². The van der Waals surface area contributed by atoms with E-state index in [4.69, 9.17) is 10.7 Å². The smallest absolute Gasteiger partial charge is 0.225 e. The quantitative estimate of drug-likeness (QED) is 0.481. The molecule has 0 unspecified atom stereocenters. The van der Waals surface area contributed by atoms with Gasteiger partial charge in [0.1, 0.15) is 17.5 Å². The number of nitrogens with zero attached hydrogens (tertiary/aromatic N) is 4. The minimum absolute atomic E-state index is 0.309. The summed E-state index contributed by atoms with van der Waals surface area (Å²) in [7, 11) is 0. The lowest BCUT2D eigenvalue weighted by Gasteiger charge is -2.22. The number of rotatable bonds is 4.